The van der Waals surface area contributed by atoms with Gasteiger partial charge in [0.25, 0.3) is 0 Å². The van der Waals surface area contributed by atoms with Crippen LogP contribution in [0.25, 0.3) is 0 Å². The van der Waals surface area contributed by atoms with Crippen molar-refractivity contribution in [3.63, 3.8) is 0 Å². The van der Waals surface area contributed by atoms with E-state index in [2.05, 4.69) is 0 Å². The Labute approximate surface area is 122 Å². The number of nitrogen functional groups attached to an aromatic ring is 1. The van der Waals surface area contributed by atoms with Crippen molar-refractivity contribution >= 4 is 15.7 Å². The van der Waals surface area contributed by atoms with Crippen LogP contribution in [0.15, 0.2) is 17.0 Å². The molecule has 0 bridgehead atoms. The Morgan fingerprint density at radius 2 is 1.67 bits per heavy atom. The van der Waals surface area contributed by atoms with E-state index < -0.39 is 22.7 Å². The summed E-state index contributed by atoms with van der Waals surface area (Å²) in [6.07, 6.45) is -4.29. The first kappa shape index (κ1) is 17.8. The number of anilines is 1. The van der Waals surface area contributed by atoms with Crippen LogP contribution in [0.5, 0.6) is 0 Å². The van der Waals surface area contributed by atoms with Crippen LogP contribution < -0.4 is 5.73 Å². The van der Waals surface area contributed by atoms with Gasteiger partial charge in [-0.3, -0.25) is 0 Å². The minimum atomic E-state index is -4.59. The Bertz CT molecular complexity index is 589. The molecule has 0 unspecified atom stereocenters. The molecule has 8 heteroatoms. The number of aryl methyl sites for hydroxylation is 2. The van der Waals surface area contributed by atoms with Crippen LogP contribution in [0.2, 0.25) is 0 Å². The van der Waals surface area contributed by atoms with E-state index in [9.17, 15) is 21.6 Å². The van der Waals surface area contributed by atoms with Crippen molar-refractivity contribution in [2.75, 3.05) is 18.8 Å². The molecule has 0 heterocycles. The Morgan fingerprint density at radius 3 is 2.05 bits per heavy atom. The van der Waals surface area contributed by atoms with Crippen molar-refractivity contribution in [1.82, 2.24) is 4.31 Å². The highest BCUT2D eigenvalue weighted by Gasteiger charge is 2.37. The third-order valence-corrected chi connectivity index (χ3v) is 5.06. The maximum atomic E-state index is 12.6. The van der Waals surface area contributed by atoms with Crippen molar-refractivity contribution in [3.8, 4) is 0 Å². The lowest BCUT2D eigenvalue weighted by Gasteiger charge is -2.24. The fraction of sp³-hybridized carbons (Fsp3) is 0.538. The summed E-state index contributed by atoms with van der Waals surface area (Å²) in [7, 11) is -4.22. The molecule has 120 valence electrons. The summed E-state index contributed by atoms with van der Waals surface area (Å²) in [6.45, 7) is 2.99. The average Bonchev–Trinajstić information content (AvgIpc) is 2.24. The molecule has 0 spiro atoms. The van der Waals surface area contributed by atoms with Crippen LogP contribution in [0.4, 0.5) is 18.9 Å². The largest absolute Gasteiger partial charge is 0.402 e. The lowest BCUT2D eigenvalue weighted by Crippen LogP contribution is -2.40. The highest BCUT2D eigenvalue weighted by Crippen LogP contribution is 2.28. The summed E-state index contributed by atoms with van der Waals surface area (Å²) in [4.78, 5) is -0.102. The number of nitrogens with two attached hydrogens (primary N) is 1. The number of nitrogens with zero attached hydrogens (tertiary/aromatic N) is 1. The van der Waals surface area contributed by atoms with E-state index in [1.807, 2.05) is 0 Å². The second-order valence-electron chi connectivity index (χ2n) is 4.94. The maximum absolute atomic E-state index is 12.6. The number of benzene rings is 1. The number of rotatable bonds is 5. The van der Waals surface area contributed by atoms with Gasteiger partial charge < -0.3 is 5.73 Å². The van der Waals surface area contributed by atoms with Crippen LogP contribution in [-0.4, -0.2) is 32.0 Å². The first-order valence-corrected chi connectivity index (χ1v) is 7.86. The molecule has 0 saturated heterocycles. The zero-order valence-corrected chi connectivity index (χ0v) is 13.0. The summed E-state index contributed by atoms with van der Waals surface area (Å²) < 4.78 is 63.4. The highest BCUT2D eigenvalue weighted by atomic mass is 32.2. The van der Waals surface area contributed by atoms with E-state index in [-0.39, 0.29) is 11.4 Å². The van der Waals surface area contributed by atoms with Crippen LogP contribution in [0.3, 0.4) is 0 Å². The molecule has 0 aliphatic carbocycles. The van der Waals surface area contributed by atoms with Gasteiger partial charge in [0.15, 0.2) is 0 Å². The molecule has 0 aliphatic heterocycles. The van der Waals surface area contributed by atoms with Crippen molar-refractivity contribution in [3.05, 3.63) is 23.3 Å². The second-order valence-corrected chi connectivity index (χ2v) is 6.81. The normalized spacial score (nSPS) is 12.9. The van der Waals surface area contributed by atoms with E-state index in [0.717, 1.165) is 0 Å². The van der Waals surface area contributed by atoms with Gasteiger partial charge in [-0.05, 0) is 43.5 Å². The second kappa shape index (κ2) is 6.23. The number of halogens is 3. The van der Waals surface area contributed by atoms with Gasteiger partial charge in [0, 0.05) is 12.2 Å². The monoisotopic (exact) mass is 324 g/mol. The SMILES string of the molecule is CCCN(CC(F)(F)F)S(=O)(=O)c1c(C)cc(N)cc1C. The van der Waals surface area contributed by atoms with E-state index in [0.29, 0.717) is 27.5 Å². The first-order valence-electron chi connectivity index (χ1n) is 6.42. The van der Waals surface area contributed by atoms with Gasteiger partial charge in [0.05, 0.1) is 4.90 Å². The molecule has 2 N–H and O–H groups in total. The van der Waals surface area contributed by atoms with E-state index in [4.69, 9.17) is 5.73 Å². The van der Waals surface area contributed by atoms with E-state index in [1.54, 1.807) is 6.92 Å². The van der Waals surface area contributed by atoms with E-state index in [1.165, 1.54) is 26.0 Å². The van der Waals surface area contributed by atoms with Gasteiger partial charge in [-0.1, -0.05) is 6.92 Å². The molecular formula is C13H19F3N2O2S. The van der Waals surface area contributed by atoms with Crippen molar-refractivity contribution in [1.29, 1.82) is 0 Å². The number of hydrogen-bond acceptors (Lipinski definition) is 3. The molecule has 1 aromatic carbocycles. The number of hydrogen-bond donors (Lipinski definition) is 1. The highest BCUT2D eigenvalue weighted by molar-refractivity contribution is 7.89. The van der Waals surface area contributed by atoms with E-state index >= 15 is 0 Å². The Balaban J connectivity index is 3.36. The molecule has 0 radical (unpaired) electrons. The zero-order chi connectivity index (χ0) is 16.4. The van der Waals surface area contributed by atoms with Crippen molar-refractivity contribution in [2.45, 2.75) is 38.3 Å². The predicted octanol–water partition coefficient (Wildman–Crippen LogP) is 2.85. The fourth-order valence-electron chi connectivity index (χ4n) is 2.25. The third-order valence-electron chi connectivity index (χ3n) is 2.91. The van der Waals surface area contributed by atoms with Crippen LogP contribution in [0, 0.1) is 13.8 Å². The van der Waals surface area contributed by atoms with Gasteiger partial charge in [0.1, 0.15) is 6.54 Å². The van der Waals surface area contributed by atoms with Gasteiger partial charge >= 0.3 is 6.18 Å². The molecule has 0 fully saturated rings. The molecule has 0 saturated carbocycles. The number of alkyl halides is 3. The molecule has 0 atom stereocenters. The van der Waals surface area contributed by atoms with Gasteiger partial charge in [-0.15, -0.1) is 0 Å². The average molecular weight is 324 g/mol. The minimum Gasteiger partial charge on any atom is -0.399 e. The quantitative estimate of drug-likeness (QED) is 0.847. The zero-order valence-electron chi connectivity index (χ0n) is 12.2. The van der Waals surface area contributed by atoms with Crippen LogP contribution in [-0.2, 0) is 10.0 Å². The summed E-state index contributed by atoms with van der Waals surface area (Å²) in [5, 5.41) is 0. The van der Waals surface area contributed by atoms with Gasteiger partial charge in [0.2, 0.25) is 10.0 Å². The lowest BCUT2D eigenvalue weighted by atomic mass is 10.1. The molecule has 0 aromatic heterocycles. The van der Waals surface area contributed by atoms with Crippen LogP contribution in [0.1, 0.15) is 24.5 Å². The fourth-order valence-corrected chi connectivity index (χ4v) is 4.18. The van der Waals surface area contributed by atoms with Gasteiger partial charge in [-0.25, -0.2) is 8.42 Å². The molecule has 0 aliphatic rings. The van der Waals surface area contributed by atoms with Gasteiger partial charge in [-0.2, -0.15) is 17.5 Å². The van der Waals surface area contributed by atoms with Crippen molar-refractivity contribution < 1.29 is 21.6 Å². The lowest BCUT2D eigenvalue weighted by molar-refractivity contribution is -0.136. The third kappa shape index (κ3) is 4.34. The standard InChI is InChI=1S/C13H19F3N2O2S/c1-4-5-18(8-13(14,15)16)21(19,20)12-9(2)6-11(17)7-10(12)3/h6-7H,4-5,8,17H2,1-3H3. The summed E-state index contributed by atoms with van der Waals surface area (Å²) in [6, 6.07) is 2.88. The Hall–Kier alpha value is -1.28. The molecule has 0 amide bonds. The molecule has 1 aromatic rings. The summed E-state index contributed by atoms with van der Waals surface area (Å²) >= 11 is 0. The predicted molar refractivity (Wildman–Crippen MR) is 75.4 cm³/mol. The minimum absolute atomic E-state index is 0.102. The summed E-state index contributed by atoms with van der Waals surface area (Å²) in [5.74, 6) is 0. The molecule has 21 heavy (non-hydrogen) atoms. The molecular weight excluding hydrogens is 305 g/mol. The maximum Gasteiger partial charge on any atom is 0.402 e. The number of sulfonamides is 1. The first-order chi connectivity index (χ1) is 9.49. The van der Waals surface area contributed by atoms with Crippen LogP contribution >= 0.6 is 0 Å². The van der Waals surface area contributed by atoms with Crippen molar-refractivity contribution in [2.24, 2.45) is 0 Å². The summed E-state index contributed by atoms with van der Waals surface area (Å²) in [5.41, 5.74) is 6.68. The Kier molecular flexibility index (Phi) is 5.27. The molecule has 4 nitrogen and oxygen atoms in total. The molecule has 1 rings (SSSR count). The smallest absolute Gasteiger partial charge is 0.399 e. The Morgan fingerprint density at radius 1 is 1.19 bits per heavy atom. The topological polar surface area (TPSA) is 63.4 Å².